The van der Waals surface area contributed by atoms with E-state index in [1.807, 2.05) is 0 Å². The van der Waals surface area contributed by atoms with Crippen LogP contribution in [0.5, 0.6) is 5.75 Å². The third kappa shape index (κ3) is 2.72. The first-order valence-corrected chi connectivity index (χ1v) is 6.57. The van der Waals surface area contributed by atoms with Crippen LogP contribution in [0.2, 0.25) is 5.02 Å². The third-order valence-corrected chi connectivity index (χ3v) is 3.74. The van der Waals surface area contributed by atoms with Gasteiger partial charge >= 0.3 is 5.97 Å². The molecule has 0 aliphatic heterocycles. The van der Waals surface area contributed by atoms with Gasteiger partial charge in [0.2, 0.25) is 0 Å². The molecule has 1 rings (SSSR count). The molecule has 0 aliphatic carbocycles. The van der Waals surface area contributed by atoms with E-state index in [1.54, 1.807) is 0 Å². The number of rotatable bonds is 4. The summed E-state index contributed by atoms with van der Waals surface area (Å²) in [4.78, 5) is 10.6. The van der Waals surface area contributed by atoms with Crippen LogP contribution in [0.4, 0.5) is 0 Å². The Labute approximate surface area is 108 Å². The van der Waals surface area contributed by atoms with Crippen LogP contribution in [-0.4, -0.2) is 32.4 Å². The molecule has 0 atom stereocenters. The van der Waals surface area contributed by atoms with E-state index in [4.69, 9.17) is 26.7 Å². The molecule has 0 amide bonds. The first-order chi connectivity index (χ1) is 8.33. The summed E-state index contributed by atoms with van der Waals surface area (Å²) in [6.07, 6.45) is 0. The number of hydrogen-bond acceptors (Lipinski definition) is 5. The smallest absolute Gasteiger partial charge is 0.339 e. The fraction of sp³-hybridized carbons (Fsp3) is 0.200. The van der Waals surface area contributed by atoms with Gasteiger partial charge in [0.25, 0.3) is 0 Å². The van der Waals surface area contributed by atoms with E-state index in [1.165, 1.54) is 6.07 Å². The first kappa shape index (κ1) is 14.3. The molecule has 0 fully saturated rings. The second-order valence-electron chi connectivity index (χ2n) is 3.21. The zero-order valence-corrected chi connectivity index (χ0v) is 10.7. The normalized spacial score (nSPS) is 10.7. The molecule has 0 aromatic heterocycles. The lowest BCUT2D eigenvalue weighted by Crippen LogP contribution is -2.10. The first-order valence-electron chi connectivity index (χ1n) is 4.54. The highest BCUT2D eigenvalue weighted by Crippen LogP contribution is 2.32. The number of aromatic carboxylic acids is 1. The molecule has 18 heavy (non-hydrogen) atoms. The van der Waals surface area contributed by atoms with Crippen molar-refractivity contribution in [3.8, 4) is 11.8 Å². The quantitative estimate of drug-likeness (QED) is 0.897. The highest BCUT2D eigenvalue weighted by Gasteiger charge is 2.25. The molecule has 6 nitrogen and oxygen atoms in total. The fourth-order valence-electron chi connectivity index (χ4n) is 1.33. The van der Waals surface area contributed by atoms with Crippen LogP contribution in [0.3, 0.4) is 0 Å². The van der Waals surface area contributed by atoms with Crippen LogP contribution < -0.4 is 4.74 Å². The van der Waals surface area contributed by atoms with Gasteiger partial charge in [0.1, 0.15) is 16.2 Å². The lowest BCUT2D eigenvalue weighted by Gasteiger charge is -2.11. The number of hydrogen-bond donors (Lipinski definition) is 1. The fourth-order valence-corrected chi connectivity index (χ4v) is 2.72. The standard InChI is InChI=1S/C10H8ClNO5S/c1-17-9-7(10(13)14)4-6(11)5-8(9)18(15,16)3-2-12/h4-5H,3H2,1H3,(H,13,14). The van der Waals surface area contributed by atoms with Crippen molar-refractivity contribution in [3.05, 3.63) is 22.7 Å². The average molecular weight is 290 g/mol. The minimum atomic E-state index is -3.97. The number of nitriles is 1. The van der Waals surface area contributed by atoms with E-state index in [9.17, 15) is 13.2 Å². The van der Waals surface area contributed by atoms with Gasteiger partial charge in [-0.25, -0.2) is 13.2 Å². The Morgan fingerprint density at radius 2 is 2.17 bits per heavy atom. The summed E-state index contributed by atoms with van der Waals surface area (Å²) in [5, 5.41) is 17.3. The number of nitrogens with zero attached hydrogens (tertiary/aromatic N) is 1. The summed E-state index contributed by atoms with van der Waals surface area (Å²) in [7, 11) is -2.83. The summed E-state index contributed by atoms with van der Waals surface area (Å²) in [6.45, 7) is 0. The van der Waals surface area contributed by atoms with Crippen molar-refractivity contribution < 1.29 is 23.1 Å². The van der Waals surface area contributed by atoms with Gasteiger partial charge in [-0.1, -0.05) is 11.6 Å². The Morgan fingerprint density at radius 3 is 2.61 bits per heavy atom. The summed E-state index contributed by atoms with van der Waals surface area (Å²) in [5.41, 5.74) is -0.374. The lowest BCUT2D eigenvalue weighted by atomic mass is 10.2. The van der Waals surface area contributed by atoms with Crippen molar-refractivity contribution in [1.29, 1.82) is 5.26 Å². The third-order valence-electron chi connectivity index (χ3n) is 2.04. The monoisotopic (exact) mass is 289 g/mol. The Kier molecular flexibility index (Phi) is 4.16. The second kappa shape index (κ2) is 5.25. The van der Waals surface area contributed by atoms with Gasteiger partial charge in [-0.15, -0.1) is 0 Å². The van der Waals surface area contributed by atoms with Gasteiger partial charge < -0.3 is 9.84 Å². The van der Waals surface area contributed by atoms with Crippen molar-refractivity contribution in [3.63, 3.8) is 0 Å². The summed E-state index contributed by atoms with van der Waals surface area (Å²) < 4.78 is 28.4. The maximum atomic E-state index is 11.8. The van der Waals surface area contributed by atoms with Gasteiger partial charge in [-0.05, 0) is 12.1 Å². The molecule has 1 N–H and O–H groups in total. The highest BCUT2D eigenvalue weighted by atomic mass is 35.5. The molecule has 1 aromatic rings. The van der Waals surface area contributed by atoms with Crippen molar-refractivity contribution in [2.24, 2.45) is 0 Å². The maximum Gasteiger partial charge on any atom is 0.339 e. The molecule has 1 aromatic carbocycles. The van der Waals surface area contributed by atoms with E-state index in [0.717, 1.165) is 19.2 Å². The summed E-state index contributed by atoms with van der Waals surface area (Å²) in [5.74, 6) is -2.49. The van der Waals surface area contributed by atoms with E-state index < -0.39 is 26.5 Å². The average Bonchev–Trinajstić information content (AvgIpc) is 2.27. The molecule has 96 valence electrons. The van der Waals surface area contributed by atoms with Crippen LogP contribution in [0, 0.1) is 11.3 Å². The summed E-state index contributed by atoms with van der Waals surface area (Å²) in [6, 6.07) is 3.62. The highest BCUT2D eigenvalue weighted by molar-refractivity contribution is 7.91. The topological polar surface area (TPSA) is 104 Å². The van der Waals surface area contributed by atoms with E-state index in [2.05, 4.69) is 0 Å². The molecule has 0 saturated heterocycles. The van der Waals surface area contributed by atoms with Crippen molar-refractivity contribution in [2.75, 3.05) is 12.9 Å². The number of carbonyl (C=O) groups is 1. The molecular formula is C10H8ClNO5S. The summed E-state index contributed by atoms with van der Waals surface area (Å²) >= 11 is 5.66. The molecule has 0 spiro atoms. The predicted octanol–water partition coefficient (Wildman–Crippen LogP) is 1.34. The molecule has 0 saturated carbocycles. The van der Waals surface area contributed by atoms with Crippen LogP contribution in [0.15, 0.2) is 17.0 Å². The molecule has 0 radical (unpaired) electrons. The number of ether oxygens (including phenoxy) is 1. The van der Waals surface area contributed by atoms with Crippen molar-refractivity contribution in [2.45, 2.75) is 4.90 Å². The minimum Gasteiger partial charge on any atom is -0.494 e. The van der Waals surface area contributed by atoms with Gasteiger partial charge in [0, 0.05) is 5.02 Å². The predicted molar refractivity (Wildman–Crippen MR) is 62.6 cm³/mol. The largest absolute Gasteiger partial charge is 0.494 e. The molecule has 0 bridgehead atoms. The van der Waals surface area contributed by atoms with E-state index in [0.29, 0.717) is 0 Å². The zero-order valence-electron chi connectivity index (χ0n) is 9.18. The number of halogens is 1. The molecule has 0 unspecified atom stereocenters. The number of carboxylic acid groups (broad SMARTS) is 1. The molecule has 8 heteroatoms. The lowest BCUT2D eigenvalue weighted by molar-refractivity contribution is 0.0693. The van der Waals surface area contributed by atoms with E-state index >= 15 is 0 Å². The van der Waals surface area contributed by atoms with Gasteiger partial charge in [0.15, 0.2) is 15.6 Å². The second-order valence-corrected chi connectivity index (χ2v) is 5.60. The number of carboxylic acids is 1. The zero-order chi connectivity index (χ0) is 13.9. The van der Waals surface area contributed by atoms with Crippen molar-refractivity contribution >= 4 is 27.4 Å². The number of sulfone groups is 1. The SMILES string of the molecule is COc1c(C(=O)O)cc(Cl)cc1S(=O)(=O)CC#N. The van der Waals surface area contributed by atoms with Crippen LogP contribution in [0.25, 0.3) is 0 Å². The van der Waals surface area contributed by atoms with Crippen LogP contribution in [0.1, 0.15) is 10.4 Å². The molecule has 0 aliphatic rings. The molecular weight excluding hydrogens is 282 g/mol. The van der Waals surface area contributed by atoms with Gasteiger partial charge in [0.05, 0.1) is 13.2 Å². The van der Waals surface area contributed by atoms with Crippen LogP contribution >= 0.6 is 11.6 Å². The minimum absolute atomic E-state index is 0.0651. The Bertz CT molecular complexity index is 632. The van der Waals surface area contributed by atoms with E-state index in [-0.39, 0.29) is 16.3 Å². The Morgan fingerprint density at radius 1 is 1.56 bits per heavy atom. The number of methoxy groups -OCH3 is 1. The Balaban J connectivity index is 3.65. The van der Waals surface area contributed by atoms with Crippen molar-refractivity contribution in [1.82, 2.24) is 0 Å². The number of benzene rings is 1. The van der Waals surface area contributed by atoms with Gasteiger partial charge in [-0.2, -0.15) is 5.26 Å². The maximum absolute atomic E-state index is 11.8. The Hall–Kier alpha value is -1.78. The molecule has 0 heterocycles. The van der Waals surface area contributed by atoms with Crippen LogP contribution in [-0.2, 0) is 9.84 Å². The van der Waals surface area contributed by atoms with Gasteiger partial charge in [-0.3, -0.25) is 0 Å².